The molecule has 3 N–H and O–H groups in total. The maximum atomic E-state index is 13.6. The molecule has 1 fully saturated rings. The van der Waals surface area contributed by atoms with Gasteiger partial charge in [0.05, 0.1) is 5.56 Å². The average molecular weight is 474 g/mol. The van der Waals surface area contributed by atoms with E-state index in [1.54, 1.807) is 12.3 Å². The van der Waals surface area contributed by atoms with Gasteiger partial charge in [0, 0.05) is 37.4 Å². The summed E-state index contributed by atoms with van der Waals surface area (Å²) in [5.74, 6) is 0.790. The third-order valence-electron chi connectivity index (χ3n) is 6.98. The van der Waals surface area contributed by atoms with Crippen molar-refractivity contribution in [1.29, 1.82) is 0 Å². The Bertz CT molecular complexity index is 1460. The van der Waals surface area contributed by atoms with Crippen molar-refractivity contribution in [3.63, 3.8) is 0 Å². The number of rotatable bonds is 5. The number of benzene rings is 2. The standard InChI is InChI=1S/C30H27N5O/c31-30-25(17-22(18-33-30)24-14-13-20-7-4-5-10-23(20)24)29(36)26-11-6-12-28(34-26)35-16-15-32-27(19-35)21-8-2-1-3-9-21/h1-12,14,17-18,27,32H,13,15-16,19H2,(H2,31,33). The van der Waals surface area contributed by atoms with E-state index in [2.05, 4.69) is 57.7 Å². The van der Waals surface area contributed by atoms with E-state index in [4.69, 9.17) is 10.7 Å². The van der Waals surface area contributed by atoms with Crippen molar-refractivity contribution in [3.05, 3.63) is 125 Å². The van der Waals surface area contributed by atoms with Crippen LogP contribution in [0.2, 0.25) is 0 Å². The minimum atomic E-state index is -0.217. The number of allylic oxidation sites excluding steroid dienone is 1. The molecule has 1 saturated heterocycles. The molecule has 0 saturated carbocycles. The Morgan fingerprint density at radius 3 is 2.72 bits per heavy atom. The molecule has 6 nitrogen and oxygen atoms in total. The van der Waals surface area contributed by atoms with Crippen LogP contribution < -0.4 is 16.0 Å². The lowest BCUT2D eigenvalue weighted by Crippen LogP contribution is -2.46. The number of piperazine rings is 1. The molecule has 36 heavy (non-hydrogen) atoms. The van der Waals surface area contributed by atoms with Gasteiger partial charge < -0.3 is 16.0 Å². The molecule has 4 aromatic rings. The summed E-state index contributed by atoms with van der Waals surface area (Å²) < 4.78 is 0. The van der Waals surface area contributed by atoms with E-state index < -0.39 is 0 Å². The number of aromatic nitrogens is 2. The van der Waals surface area contributed by atoms with E-state index in [9.17, 15) is 4.79 Å². The first-order valence-electron chi connectivity index (χ1n) is 12.3. The second-order valence-corrected chi connectivity index (χ2v) is 9.21. The molecular weight excluding hydrogens is 446 g/mol. The van der Waals surface area contributed by atoms with Crippen LogP contribution in [-0.4, -0.2) is 35.4 Å². The van der Waals surface area contributed by atoms with Crippen LogP contribution in [0.25, 0.3) is 5.57 Å². The highest BCUT2D eigenvalue weighted by Crippen LogP contribution is 2.33. The predicted octanol–water partition coefficient (Wildman–Crippen LogP) is 4.43. The fourth-order valence-electron chi connectivity index (χ4n) is 5.09. The monoisotopic (exact) mass is 473 g/mol. The quantitative estimate of drug-likeness (QED) is 0.417. The lowest BCUT2D eigenvalue weighted by molar-refractivity contribution is 0.103. The zero-order chi connectivity index (χ0) is 24.5. The Kier molecular flexibility index (Phi) is 5.79. The summed E-state index contributed by atoms with van der Waals surface area (Å²) in [6.07, 6.45) is 4.80. The molecule has 2 aromatic carbocycles. The molecule has 0 spiro atoms. The van der Waals surface area contributed by atoms with E-state index in [0.717, 1.165) is 43.0 Å². The first kappa shape index (κ1) is 22.2. The van der Waals surface area contributed by atoms with Crippen molar-refractivity contribution in [2.24, 2.45) is 0 Å². The van der Waals surface area contributed by atoms with Crippen LogP contribution in [0.4, 0.5) is 11.6 Å². The number of hydrogen-bond donors (Lipinski definition) is 2. The molecule has 0 amide bonds. The van der Waals surface area contributed by atoms with E-state index >= 15 is 0 Å². The van der Waals surface area contributed by atoms with Crippen LogP contribution in [0.5, 0.6) is 0 Å². The molecular formula is C30H27N5O. The van der Waals surface area contributed by atoms with Gasteiger partial charge >= 0.3 is 0 Å². The van der Waals surface area contributed by atoms with Crippen LogP contribution in [0, 0.1) is 0 Å². The maximum Gasteiger partial charge on any atom is 0.215 e. The molecule has 0 radical (unpaired) electrons. The number of ketones is 1. The molecule has 178 valence electrons. The van der Waals surface area contributed by atoms with Crippen molar-refractivity contribution >= 4 is 23.0 Å². The van der Waals surface area contributed by atoms with Crippen LogP contribution in [-0.2, 0) is 6.42 Å². The summed E-state index contributed by atoms with van der Waals surface area (Å²) in [5.41, 5.74) is 12.6. The highest BCUT2D eigenvalue weighted by atomic mass is 16.1. The molecule has 1 aliphatic carbocycles. The summed E-state index contributed by atoms with van der Waals surface area (Å²) in [6.45, 7) is 2.44. The fraction of sp³-hybridized carbons (Fsp3) is 0.167. The molecule has 6 heteroatoms. The summed E-state index contributed by atoms with van der Waals surface area (Å²) in [7, 11) is 0. The van der Waals surface area contributed by atoms with Crippen molar-refractivity contribution in [1.82, 2.24) is 15.3 Å². The minimum absolute atomic E-state index is 0.209. The number of nitrogen functional groups attached to an aromatic ring is 1. The summed E-state index contributed by atoms with van der Waals surface area (Å²) in [4.78, 5) is 24.9. The highest BCUT2D eigenvalue weighted by molar-refractivity contribution is 6.11. The zero-order valence-electron chi connectivity index (χ0n) is 19.9. The van der Waals surface area contributed by atoms with Gasteiger partial charge in [0.15, 0.2) is 0 Å². The summed E-state index contributed by atoms with van der Waals surface area (Å²) >= 11 is 0. The van der Waals surface area contributed by atoms with Gasteiger partial charge in [-0.05, 0) is 46.9 Å². The van der Waals surface area contributed by atoms with Crippen LogP contribution >= 0.6 is 0 Å². The van der Waals surface area contributed by atoms with Gasteiger partial charge in [-0.25, -0.2) is 9.97 Å². The van der Waals surface area contributed by atoms with Gasteiger partial charge in [-0.3, -0.25) is 4.79 Å². The lowest BCUT2D eigenvalue weighted by atomic mass is 9.98. The zero-order valence-corrected chi connectivity index (χ0v) is 19.9. The number of carbonyl (C=O) groups is 1. The van der Waals surface area contributed by atoms with Crippen LogP contribution in [0.1, 0.15) is 44.3 Å². The minimum Gasteiger partial charge on any atom is -0.383 e. The Morgan fingerprint density at radius 2 is 1.83 bits per heavy atom. The number of fused-ring (bicyclic) bond motifs is 1. The van der Waals surface area contributed by atoms with E-state index in [-0.39, 0.29) is 17.6 Å². The van der Waals surface area contributed by atoms with Gasteiger partial charge in [-0.1, -0.05) is 66.7 Å². The maximum absolute atomic E-state index is 13.6. The van der Waals surface area contributed by atoms with E-state index in [0.29, 0.717) is 11.3 Å². The molecule has 0 bridgehead atoms. The highest BCUT2D eigenvalue weighted by Gasteiger charge is 2.24. The van der Waals surface area contributed by atoms with E-state index in [1.165, 1.54) is 16.7 Å². The molecule has 2 aromatic heterocycles. The molecule has 1 aliphatic heterocycles. The molecule has 6 rings (SSSR count). The molecule has 1 unspecified atom stereocenters. The topological polar surface area (TPSA) is 84.1 Å². The largest absolute Gasteiger partial charge is 0.383 e. The van der Waals surface area contributed by atoms with Gasteiger partial charge in [-0.15, -0.1) is 0 Å². The second kappa shape index (κ2) is 9.40. The Labute approximate surface area is 210 Å². The third kappa shape index (κ3) is 4.16. The van der Waals surface area contributed by atoms with Crippen molar-refractivity contribution < 1.29 is 4.79 Å². The third-order valence-corrected chi connectivity index (χ3v) is 6.98. The number of nitrogens with zero attached hydrogens (tertiary/aromatic N) is 3. The summed E-state index contributed by atoms with van der Waals surface area (Å²) in [6, 6.07) is 26.4. The normalized spacial score (nSPS) is 16.9. The van der Waals surface area contributed by atoms with Crippen LogP contribution in [0.3, 0.4) is 0 Å². The molecule has 2 aliphatic rings. The number of nitrogens with two attached hydrogens (primary N) is 1. The van der Waals surface area contributed by atoms with Crippen molar-refractivity contribution in [2.75, 3.05) is 30.3 Å². The first-order valence-corrected chi connectivity index (χ1v) is 12.3. The van der Waals surface area contributed by atoms with Gasteiger partial charge in [-0.2, -0.15) is 0 Å². The predicted molar refractivity (Wildman–Crippen MR) is 143 cm³/mol. The average Bonchev–Trinajstić information content (AvgIpc) is 3.38. The lowest BCUT2D eigenvalue weighted by Gasteiger charge is -2.35. The Hall–Kier alpha value is -4.29. The fourth-order valence-corrected chi connectivity index (χ4v) is 5.09. The van der Waals surface area contributed by atoms with Crippen LogP contribution in [0.15, 0.2) is 91.1 Å². The van der Waals surface area contributed by atoms with Gasteiger partial charge in [0.2, 0.25) is 5.78 Å². The number of nitrogens with one attached hydrogen (secondary N) is 1. The van der Waals surface area contributed by atoms with Gasteiger partial charge in [0.1, 0.15) is 17.3 Å². The summed E-state index contributed by atoms with van der Waals surface area (Å²) in [5, 5.41) is 3.58. The second-order valence-electron chi connectivity index (χ2n) is 9.21. The van der Waals surface area contributed by atoms with Crippen molar-refractivity contribution in [3.8, 4) is 0 Å². The molecule has 1 atom stereocenters. The number of anilines is 2. The Morgan fingerprint density at radius 1 is 1.00 bits per heavy atom. The molecule has 3 heterocycles. The number of carbonyl (C=O) groups excluding carboxylic acids is 1. The van der Waals surface area contributed by atoms with E-state index in [1.807, 2.05) is 36.4 Å². The Balaban J connectivity index is 1.27. The first-order chi connectivity index (χ1) is 17.7. The number of hydrogen-bond acceptors (Lipinski definition) is 6. The SMILES string of the molecule is Nc1ncc(C2=CCc3ccccc32)cc1C(=O)c1cccc(N2CCNC(c3ccccc3)C2)n1. The van der Waals surface area contributed by atoms with Crippen molar-refractivity contribution in [2.45, 2.75) is 12.5 Å². The smallest absolute Gasteiger partial charge is 0.215 e. The van der Waals surface area contributed by atoms with Gasteiger partial charge in [0.25, 0.3) is 0 Å². The number of pyridine rings is 2.